The third-order valence-corrected chi connectivity index (χ3v) is 6.45. The molecule has 1 aromatic heterocycles. The number of thioether (sulfide) groups is 1. The summed E-state index contributed by atoms with van der Waals surface area (Å²) >= 11 is 1.18. The van der Waals surface area contributed by atoms with E-state index in [4.69, 9.17) is 9.47 Å². The number of fused-ring (bicyclic) bond motifs is 1. The van der Waals surface area contributed by atoms with E-state index in [1.54, 1.807) is 0 Å². The third kappa shape index (κ3) is 5.34. The van der Waals surface area contributed by atoms with Crippen molar-refractivity contribution < 1.29 is 23.9 Å². The Bertz CT molecular complexity index is 1140. The van der Waals surface area contributed by atoms with E-state index in [1.807, 2.05) is 6.92 Å². The predicted molar refractivity (Wildman–Crippen MR) is 123 cm³/mol. The topological polar surface area (TPSA) is 118 Å². The van der Waals surface area contributed by atoms with Crippen molar-refractivity contribution in [1.29, 1.82) is 5.26 Å². The zero-order valence-electron chi connectivity index (χ0n) is 18.8. The number of methoxy groups -OCH3 is 2. The molecule has 0 atom stereocenters. The summed E-state index contributed by atoms with van der Waals surface area (Å²) in [5.74, 6) is -1.67. The Balaban J connectivity index is 1.83. The Labute approximate surface area is 196 Å². The number of pyridine rings is 1. The van der Waals surface area contributed by atoms with E-state index >= 15 is 0 Å². The van der Waals surface area contributed by atoms with Crippen molar-refractivity contribution in [3.63, 3.8) is 0 Å². The summed E-state index contributed by atoms with van der Waals surface area (Å²) in [6, 6.07) is 6.47. The molecule has 2 aromatic rings. The molecule has 1 aliphatic rings. The van der Waals surface area contributed by atoms with Crippen LogP contribution in [0.2, 0.25) is 0 Å². The second-order valence-corrected chi connectivity index (χ2v) is 8.41. The van der Waals surface area contributed by atoms with Gasteiger partial charge >= 0.3 is 11.9 Å². The van der Waals surface area contributed by atoms with Crippen molar-refractivity contribution in [2.24, 2.45) is 0 Å². The molecule has 0 saturated carbocycles. The van der Waals surface area contributed by atoms with Crippen molar-refractivity contribution in [2.45, 2.75) is 44.1 Å². The Hall–Kier alpha value is -3.38. The first-order valence-corrected chi connectivity index (χ1v) is 11.6. The molecule has 1 amide bonds. The quantitative estimate of drug-likeness (QED) is 0.484. The Morgan fingerprint density at radius 3 is 2.45 bits per heavy atom. The van der Waals surface area contributed by atoms with Crippen molar-refractivity contribution in [3.8, 4) is 6.07 Å². The summed E-state index contributed by atoms with van der Waals surface area (Å²) in [5, 5.41) is 13.0. The van der Waals surface area contributed by atoms with Crippen molar-refractivity contribution >= 4 is 35.3 Å². The van der Waals surface area contributed by atoms with Gasteiger partial charge in [0.05, 0.1) is 42.4 Å². The number of anilines is 1. The number of hydrogen-bond donors (Lipinski definition) is 1. The van der Waals surface area contributed by atoms with Crippen molar-refractivity contribution in [1.82, 2.24) is 4.98 Å². The van der Waals surface area contributed by atoms with E-state index in [9.17, 15) is 19.6 Å². The van der Waals surface area contributed by atoms with E-state index in [2.05, 4.69) is 16.4 Å². The molecular formula is C24H25N3O5S. The minimum Gasteiger partial charge on any atom is -0.465 e. The standard InChI is InChI=1S/C24H25N3O5S/c1-4-19-16-8-6-5-7-15(16)18(12-25)22(27-19)33-13-21(28)26-20-11-14(23(29)31-2)9-10-17(20)24(30)32-3/h9-11H,4-8,13H2,1-3H3,(H,26,28). The lowest BCUT2D eigenvalue weighted by atomic mass is 9.87. The lowest BCUT2D eigenvalue weighted by Gasteiger charge is -2.21. The van der Waals surface area contributed by atoms with Crippen LogP contribution in [0.25, 0.3) is 0 Å². The fourth-order valence-electron chi connectivity index (χ4n) is 3.89. The average molecular weight is 468 g/mol. The molecule has 0 aliphatic heterocycles. The predicted octanol–water partition coefficient (Wildman–Crippen LogP) is 3.70. The average Bonchev–Trinajstić information content (AvgIpc) is 2.85. The number of benzene rings is 1. The highest BCUT2D eigenvalue weighted by molar-refractivity contribution is 8.00. The molecule has 8 nitrogen and oxygen atoms in total. The first kappa shape index (κ1) is 24.3. The summed E-state index contributed by atoms with van der Waals surface area (Å²) < 4.78 is 9.48. The second kappa shape index (κ2) is 11.0. The number of carbonyl (C=O) groups excluding carboxylic acids is 3. The highest BCUT2D eigenvalue weighted by Crippen LogP contribution is 2.32. The van der Waals surface area contributed by atoms with Gasteiger partial charge in [-0.15, -0.1) is 0 Å². The number of nitrogens with one attached hydrogen (secondary N) is 1. The number of amides is 1. The van der Waals surface area contributed by atoms with Gasteiger partial charge in [0.2, 0.25) is 5.91 Å². The normalized spacial score (nSPS) is 12.3. The summed E-state index contributed by atoms with van der Waals surface area (Å²) in [6.45, 7) is 2.03. The van der Waals surface area contributed by atoms with E-state index in [1.165, 1.54) is 49.7 Å². The van der Waals surface area contributed by atoms with E-state index < -0.39 is 17.8 Å². The van der Waals surface area contributed by atoms with Gasteiger partial charge in [-0.25, -0.2) is 14.6 Å². The zero-order valence-corrected chi connectivity index (χ0v) is 19.6. The van der Waals surface area contributed by atoms with Crippen LogP contribution in [-0.4, -0.2) is 42.8 Å². The zero-order chi connectivity index (χ0) is 24.0. The Morgan fingerprint density at radius 2 is 1.82 bits per heavy atom. The van der Waals surface area contributed by atoms with Gasteiger partial charge < -0.3 is 14.8 Å². The number of esters is 2. The molecule has 0 unspecified atom stereocenters. The highest BCUT2D eigenvalue weighted by atomic mass is 32.2. The Morgan fingerprint density at radius 1 is 1.12 bits per heavy atom. The van der Waals surface area contributed by atoms with Gasteiger partial charge in [0.1, 0.15) is 11.1 Å². The summed E-state index contributed by atoms with van der Waals surface area (Å²) in [6.07, 6.45) is 4.66. The van der Waals surface area contributed by atoms with Crippen LogP contribution >= 0.6 is 11.8 Å². The van der Waals surface area contributed by atoms with Crippen molar-refractivity contribution in [2.75, 3.05) is 25.3 Å². The minimum absolute atomic E-state index is 0.0211. The number of rotatable bonds is 7. The first-order chi connectivity index (χ1) is 15.9. The van der Waals surface area contributed by atoms with Gasteiger partial charge in [0, 0.05) is 5.69 Å². The van der Waals surface area contributed by atoms with E-state index in [-0.39, 0.29) is 22.6 Å². The lowest BCUT2D eigenvalue weighted by molar-refractivity contribution is -0.113. The molecule has 0 bridgehead atoms. The van der Waals surface area contributed by atoms with Gasteiger partial charge in [-0.1, -0.05) is 18.7 Å². The maximum Gasteiger partial charge on any atom is 0.339 e. The van der Waals surface area contributed by atoms with Gasteiger partial charge in [-0.2, -0.15) is 5.26 Å². The van der Waals surface area contributed by atoms with Crippen LogP contribution in [0, 0.1) is 11.3 Å². The summed E-state index contributed by atoms with van der Waals surface area (Å²) in [7, 11) is 2.48. The molecule has 1 N–H and O–H groups in total. The molecule has 3 rings (SSSR count). The smallest absolute Gasteiger partial charge is 0.339 e. The number of nitriles is 1. The van der Waals surface area contributed by atoms with Gasteiger partial charge in [-0.05, 0) is 61.4 Å². The van der Waals surface area contributed by atoms with Crippen LogP contribution in [0.1, 0.15) is 62.9 Å². The molecule has 0 spiro atoms. The molecule has 0 radical (unpaired) electrons. The molecule has 172 valence electrons. The van der Waals surface area contributed by atoms with Crippen LogP contribution in [0.15, 0.2) is 23.2 Å². The largest absolute Gasteiger partial charge is 0.465 e. The monoisotopic (exact) mass is 467 g/mol. The molecular weight excluding hydrogens is 442 g/mol. The molecule has 0 fully saturated rings. The Kier molecular flexibility index (Phi) is 8.06. The second-order valence-electron chi connectivity index (χ2n) is 7.45. The molecule has 1 heterocycles. The van der Waals surface area contributed by atoms with Crippen LogP contribution < -0.4 is 5.32 Å². The number of hydrogen-bond acceptors (Lipinski definition) is 8. The molecule has 1 aliphatic carbocycles. The number of ether oxygens (including phenoxy) is 2. The summed E-state index contributed by atoms with van der Waals surface area (Å²) in [5.41, 5.74) is 4.19. The fraction of sp³-hybridized carbons (Fsp3) is 0.375. The van der Waals surface area contributed by atoms with E-state index in [0.717, 1.165) is 43.4 Å². The van der Waals surface area contributed by atoms with E-state index in [0.29, 0.717) is 10.6 Å². The first-order valence-electron chi connectivity index (χ1n) is 10.6. The fourth-order valence-corrected chi connectivity index (χ4v) is 4.72. The van der Waals surface area contributed by atoms with Gasteiger partial charge in [0.25, 0.3) is 0 Å². The molecule has 1 aromatic carbocycles. The van der Waals surface area contributed by atoms with Crippen molar-refractivity contribution in [3.05, 3.63) is 51.7 Å². The summed E-state index contributed by atoms with van der Waals surface area (Å²) in [4.78, 5) is 41.4. The van der Waals surface area contributed by atoms with Crippen LogP contribution in [0.4, 0.5) is 5.69 Å². The number of aryl methyl sites for hydroxylation is 1. The molecule has 9 heteroatoms. The van der Waals surface area contributed by atoms with Crippen LogP contribution in [0.5, 0.6) is 0 Å². The minimum atomic E-state index is -0.648. The van der Waals surface area contributed by atoms with Crippen LogP contribution in [0.3, 0.4) is 0 Å². The maximum absolute atomic E-state index is 12.7. The maximum atomic E-state index is 12.7. The highest BCUT2D eigenvalue weighted by Gasteiger charge is 2.23. The number of aromatic nitrogens is 1. The molecule has 33 heavy (non-hydrogen) atoms. The number of nitrogens with zero attached hydrogens (tertiary/aromatic N) is 2. The molecule has 0 saturated heterocycles. The number of carbonyl (C=O) groups is 3. The van der Waals surface area contributed by atoms with Gasteiger partial charge in [-0.3, -0.25) is 4.79 Å². The van der Waals surface area contributed by atoms with Crippen LogP contribution in [-0.2, 0) is 33.5 Å². The SMILES string of the molecule is CCc1nc(SCC(=O)Nc2cc(C(=O)OC)ccc2C(=O)OC)c(C#N)c2c1CCCC2. The third-order valence-electron chi connectivity index (χ3n) is 5.48. The lowest BCUT2D eigenvalue weighted by Crippen LogP contribution is -2.18. The van der Waals surface area contributed by atoms with Gasteiger partial charge in [0.15, 0.2) is 0 Å².